The molecule has 0 aromatic rings. The number of hydrogen-bond donors (Lipinski definition) is 1. The van der Waals surface area contributed by atoms with Crippen molar-refractivity contribution in [1.82, 2.24) is 4.90 Å². The second-order valence-electron chi connectivity index (χ2n) is 8.11. The first-order valence-electron chi connectivity index (χ1n) is 11.4. The van der Waals surface area contributed by atoms with Crippen LogP contribution >= 0.6 is 23.2 Å². The first-order valence-corrected chi connectivity index (χ1v) is 12.1. The summed E-state index contributed by atoms with van der Waals surface area (Å²) in [6.45, 7) is 10.1. The zero-order valence-electron chi connectivity index (χ0n) is 19.9. The fourth-order valence-electron chi connectivity index (χ4n) is 4.06. The fraction of sp³-hybridized carbons (Fsp3) is 0.538. The van der Waals surface area contributed by atoms with Gasteiger partial charge < -0.3 is 9.64 Å². The number of carbonyl (C=O) groups excluding carboxylic acids is 1. The molecule has 1 rings (SSSR count). The van der Waals surface area contributed by atoms with Gasteiger partial charge in [0.1, 0.15) is 5.71 Å². The van der Waals surface area contributed by atoms with Gasteiger partial charge in [0.05, 0.1) is 18.2 Å². The molecule has 0 aliphatic heterocycles. The molecule has 1 fully saturated rings. The Kier molecular flexibility index (Phi) is 13.5. The molecule has 178 valence electrons. The summed E-state index contributed by atoms with van der Waals surface area (Å²) in [6, 6.07) is -0.283. The lowest BCUT2D eigenvalue weighted by atomic mass is 9.87. The summed E-state index contributed by atoms with van der Waals surface area (Å²) >= 11 is 12.0. The Morgan fingerprint density at radius 1 is 1.28 bits per heavy atom. The van der Waals surface area contributed by atoms with Crippen LogP contribution in [0.15, 0.2) is 58.7 Å². The van der Waals surface area contributed by atoms with Crippen molar-refractivity contribution in [1.29, 1.82) is 5.41 Å². The van der Waals surface area contributed by atoms with Crippen molar-refractivity contribution in [3.8, 4) is 0 Å². The zero-order chi connectivity index (χ0) is 24.1. The largest absolute Gasteiger partial charge is 0.379 e. The highest BCUT2D eigenvalue weighted by molar-refractivity contribution is 6.38. The van der Waals surface area contributed by atoms with Crippen molar-refractivity contribution in [3.05, 3.63) is 58.7 Å². The van der Waals surface area contributed by atoms with E-state index in [4.69, 9.17) is 33.3 Å². The Bertz CT molecular complexity index is 764. The minimum absolute atomic E-state index is 0.00413. The summed E-state index contributed by atoms with van der Waals surface area (Å²) in [5.74, 6) is -0.287. The van der Waals surface area contributed by atoms with Gasteiger partial charge in [0, 0.05) is 23.6 Å². The molecular formula is C26H38Cl2N2O2. The predicted molar refractivity (Wildman–Crippen MR) is 138 cm³/mol. The van der Waals surface area contributed by atoms with Gasteiger partial charge in [0.15, 0.2) is 0 Å². The standard InChI is InChI=1S/C26H38Cl2N2O2/c1-6-8-9-13-19(3)23(12-7-2)30(24-14-10-11-15-25(24)32-5)26(31)22(29)17-16-21(28)18-20(4)27/h6,8-9,13,16,18,23-25,29H,3,7,10-12,14-15,17H2,1-2,4-5H3/b8-6-,13-9-,20-18+,21-16+,29-22?/t23-,24?,25?/m1/s1. The summed E-state index contributed by atoms with van der Waals surface area (Å²) in [5.41, 5.74) is 0.858. The Morgan fingerprint density at radius 3 is 2.56 bits per heavy atom. The van der Waals surface area contributed by atoms with E-state index in [9.17, 15) is 4.79 Å². The summed E-state index contributed by atoms with van der Waals surface area (Å²) in [7, 11) is 1.70. The molecule has 4 nitrogen and oxygen atoms in total. The number of methoxy groups -OCH3 is 1. The topological polar surface area (TPSA) is 53.4 Å². The SMILES string of the molecule is C=C(/C=C\C=C/C)[C@@H](CCC)N(C(=O)C(=N)C/C=C(Cl)\C=C(/C)Cl)C1CCCCC1OC. The van der Waals surface area contributed by atoms with Crippen LogP contribution in [0.2, 0.25) is 0 Å². The molecule has 0 radical (unpaired) electrons. The van der Waals surface area contributed by atoms with Gasteiger partial charge in [0.25, 0.3) is 5.91 Å². The van der Waals surface area contributed by atoms with Crippen LogP contribution in [0.25, 0.3) is 0 Å². The van der Waals surface area contributed by atoms with Gasteiger partial charge in [-0.25, -0.2) is 0 Å². The number of amides is 1. The highest BCUT2D eigenvalue weighted by Gasteiger charge is 2.38. The lowest BCUT2D eigenvalue weighted by molar-refractivity contribution is -0.133. The molecule has 1 saturated carbocycles. The molecule has 1 aliphatic carbocycles. The van der Waals surface area contributed by atoms with Gasteiger partial charge in [-0.1, -0.05) is 86.3 Å². The molecule has 0 aromatic heterocycles. The second-order valence-corrected chi connectivity index (χ2v) is 9.14. The lowest BCUT2D eigenvalue weighted by Crippen LogP contribution is -2.55. The van der Waals surface area contributed by atoms with E-state index < -0.39 is 0 Å². The van der Waals surface area contributed by atoms with Crippen molar-refractivity contribution < 1.29 is 9.53 Å². The summed E-state index contributed by atoms with van der Waals surface area (Å²) in [5, 5.41) is 9.49. The van der Waals surface area contributed by atoms with Crippen LogP contribution in [0.3, 0.4) is 0 Å². The van der Waals surface area contributed by atoms with Crippen LogP contribution in [0.1, 0.15) is 65.7 Å². The van der Waals surface area contributed by atoms with Crippen molar-refractivity contribution in [2.75, 3.05) is 7.11 Å². The molecule has 3 atom stereocenters. The van der Waals surface area contributed by atoms with Gasteiger partial charge in [-0.05, 0) is 44.8 Å². The van der Waals surface area contributed by atoms with E-state index in [0.717, 1.165) is 44.1 Å². The van der Waals surface area contributed by atoms with Gasteiger partial charge >= 0.3 is 0 Å². The first kappa shape index (κ1) is 28.4. The van der Waals surface area contributed by atoms with Gasteiger partial charge in [-0.3, -0.25) is 10.2 Å². The fourth-order valence-corrected chi connectivity index (χ4v) is 4.48. The van der Waals surface area contributed by atoms with Crippen LogP contribution in [-0.4, -0.2) is 41.8 Å². The lowest BCUT2D eigenvalue weighted by Gasteiger charge is -2.44. The molecule has 1 N–H and O–H groups in total. The molecule has 2 unspecified atom stereocenters. The van der Waals surface area contributed by atoms with E-state index in [1.165, 1.54) is 0 Å². The number of halogens is 2. The summed E-state index contributed by atoms with van der Waals surface area (Å²) in [4.78, 5) is 15.5. The van der Waals surface area contributed by atoms with Gasteiger partial charge in [-0.15, -0.1) is 0 Å². The number of carbonyl (C=O) groups is 1. The highest BCUT2D eigenvalue weighted by Crippen LogP contribution is 2.30. The number of hydrogen-bond acceptors (Lipinski definition) is 3. The molecule has 0 bridgehead atoms. The Balaban J connectivity index is 3.30. The van der Waals surface area contributed by atoms with Crippen LogP contribution in [0, 0.1) is 5.41 Å². The third-order valence-corrected chi connectivity index (χ3v) is 5.97. The van der Waals surface area contributed by atoms with Crippen molar-refractivity contribution in [2.24, 2.45) is 0 Å². The molecule has 32 heavy (non-hydrogen) atoms. The Morgan fingerprint density at radius 2 is 1.97 bits per heavy atom. The molecule has 1 amide bonds. The number of nitrogens with one attached hydrogen (secondary N) is 1. The van der Waals surface area contributed by atoms with Crippen LogP contribution in [-0.2, 0) is 9.53 Å². The minimum atomic E-state index is -0.287. The van der Waals surface area contributed by atoms with Crippen molar-refractivity contribution >= 4 is 34.8 Å². The van der Waals surface area contributed by atoms with Gasteiger partial charge in [-0.2, -0.15) is 0 Å². The number of nitrogens with zero attached hydrogens (tertiary/aromatic N) is 1. The average molecular weight is 482 g/mol. The number of ether oxygens (including phenoxy) is 1. The predicted octanol–water partition coefficient (Wildman–Crippen LogP) is 7.30. The van der Waals surface area contributed by atoms with E-state index in [1.807, 2.05) is 36.1 Å². The highest BCUT2D eigenvalue weighted by atomic mass is 35.5. The minimum Gasteiger partial charge on any atom is -0.379 e. The quantitative estimate of drug-likeness (QED) is 0.235. The first-order chi connectivity index (χ1) is 15.3. The average Bonchev–Trinajstić information content (AvgIpc) is 2.76. The van der Waals surface area contributed by atoms with E-state index in [-0.39, 0.29) is 36.2 Å². The maximum Gasteiger partial charge on any atom is 0.268 e. The Labute approximate surface area is 204 Å². The van der Waals surface area contributed by atoms with Crippen LogP contribution in [0.4, 0.5) is 0 Å². The molecule has 6 heteroatoms. The molecule has 1 aliphatic rings. The third kappa shape index (κ3) is 9.09. The maximum atomic E-state index is 13.6. The smallest absolute Gasteiger partial charge is 0.268 e. The van der Waals surface area contributed by atoms with Crippen LogP contribution < -0.4 is 0 Å². The monoisotopic (exact) mass is 480 g/mol. The van der Waals surface area contributed by atoms with E-state index in [0.29, 0.717) is 10.1 Å². The zero-order valence-corrected chi connectivity index (χ0v) is 21.4. The van der Waals surface area contributed by atoms with Gasteiger partial charge in [0.2, 0.25) is 0 Å². The van der Waals surface area contributed by atoms with E-state index in [1.54, 1.807) is 26.2 Å². The van der Waals surface area contributed by atoms with E-state index >= 15 is 0 Å². The number of rotatable bonds is 12. The summed E-state index contributed by atoms with van der Waals surface area (Å²) in [6.07, 6.45) is 16.7. The molecule has 0 spiro atoms. The van der Waals surface area contributed by atoms with Crippen LogP contribution in [0.5, 0.6) is 0 Å². The second kappa shape index (κ2) is 15.3. The molecule has 0 saturated heterocycles. The third-order valence-electron chi connectivity index (χ3n) is 5.60. The summed E-state index contributed by atoms with van der Waals surface area (Å²) < 4.78 is 5.78. The van der Waals surface area contributed by atoms with E-state index in [2.05, 4.69) is 13.5 Å². The van der Waals surface area contributed by atoms with Crippen molar-refractivity contribution in [2.45, 2.75) is 83.9 Å². The maximum absolute atomic E-state index is 13.6. The normalized spacial score (nSPS) is 21.2. The molecular weight excluding hydrogens is 443 g/mol. The Hall–Kier alpha value is -1.62. The number of allylic oxidation sites excluding steroid dienone is 7. The molecule has 0 aromatic carbocycles. The van der Waals surface area contributed by atoms with Crippen molar-refractivity contribution in [3.63, 3.8) is 0 Å². The molecule has 0 heterocycles.